The lowest BCUT2D eigenvalue weighted by Crippen LogP contribution is -2.38. The average molecular weight is 303 g/mol. The molecular weight excluding hydrogens is 291 g/mol. The maximum absolute atomic E-state index is 13.3. The van der Waals surface area contributed by atoms with E-state index in [4.69, 9.17) is 5.73 Å². The van der Waals surface area contributed by atoms with E-state index in [2.05, 4.69) is 15.9 Å². The zero-order valence-electron chi connectivity index (χ0n) is 9.24. The summed E-state index contributed by atoms with van der Waals surface area (Å²) in [5, 5.41) is 0. The minimum atomic E-state index is -0.604. The number of benzene rings is 1. The Balaban J connectivity index is 3.02. The molecule has 1 aromatic carbocycles. The van der Waals surface area contributed by atoms with Crippen LogP contribution in [-0.2, 0) is 4.79 Å². The Morgan fingerprint density at radius 1 is 1.47 bits per heavy atom. The molecule has 0 spiro atoms. The van der Waals surface area contributed by atoms with Crippen LogP contribution < -0.4 is 5.73 Å². The van der Waals surface area contributed by atoms with Gasteiger partial charge in [-0.2, -0.15) is 0 Å². The fraction of sp³-hybridized carbons (Fsp3) is 0.273. The van der Waals surface area contributed by atoms with Gasteiger partial charge in [0.05, 0.1) is 16.6 Å². The summed E-state index contributed by atoms with van der Waals surface area (Å²) in [5.74, 6) is -1.56. The van der Waals surface area contributed by atoms with Crippen LogP contribution in [0.5, 0.6) is 0 Å². The molecule has 1 aromatic rings. The van der Waals surface area contributed by atoms with Crippen molar-refractivity contribution < 1.29 is 14.0 Å². The Hall–Kier alpha value is -1.43. The SMILES string of the molecule is CCN(CC(N)=O)C(=O)c1cccc(F)c1Br. The van der Waals surface area contributed by atoms with Gasteiger partial charge in [-0.15, -0.1) is 0 Å². The molecule has 0 heterocycles. The smallest absolute Gasteiger partial charge is 0.255 e. The molecule has 6 heteroatoms. The summed E-state index contributed by atoms with van der Waals surface area (Å²) in [5.41, 5.74) is 5.21. The number of carbonyl (C=O) groups is 2. The second-order valence-electron chi connectivity index (χ2n) is 3.39. The third kappa shape index (κ3) is 3.26. The van der Waals surface area contributed by atoms with Crippen LogP contribution in [0.15, 0.2) is 22.7 Å². The van der Waals surface area contributed by atoms with E-state index in [9.17, 15) is 14.0 Å². The van der Waals surface area contributed by atoms with Gasteiger partial charge in [-0.1, -0.05) is 6.07 Å². The highest BCUT2D eigenvalue weighted by Crippen LogP contribution is 2.21. The first-order valence-corrected chi connectivity index (χ1v) is 5.78. The van der Waals surface area contributed by atoms with Crippen molar-refractivity contribution in [3.8, 4) is 0 Å². The fourth-order valence-electron chi connectivity index (χ4n) is 1.35. The molecule has 0 fully saturated rings. The molecule has 0 aromatic heterocycles. The van der Waals surface area contributed by atoms with E-state index in [1.54, 1.807) is 6.92 Å². The van der Waals surface area contributed by atoms with Crippen LogP contribution in [0.25, 0.3) is 0 Å². The van der Waals surface area contributed by atoms with Gasteiger partial charge in [0, 0.05) is 6.54 Å². The third-order valence-corrected chi connectivity index (χ3v) is 3.00. The van der Waals surface area contributed by atoms with E-state index < -0.39 is 17.6 Å². The molecule has 0 radical (unpaired) electrons. The fourth-order valence-corrected chi connectivity index (χ4v) is 1.79. The second-order valence-corrected chi connectivity index (χ2v) is 4.18. The first-order valence-electron chi connectivity index (χ1n) is 4.99. The molecule has 0 saturated heterocycles. The molecule has 0 atom stereocenters. The first kappa shape index (κ1) is 13.6. The minimum Gasteiger partial charge on any atom is -0.368 e. The number of hydrogen-bond donors (Lipinski definition) is 1. The quantitative estimate of drug-likeness (QED) is 0.917. The molecule has 4 nitrogen and oxygen atoms in total. The van der Waals surface area contributed by atoms with Crippen molar-refractivity contribution in [3.05, 3.63) is 34.1 Å². The summed E-state index contributed by atoms with van der Waals surface area (Å²) in [4.78, 5) is 24.1. The summed E-state index contributed by atoms with van der Waals surface area (Å²) in [6.45, 7) is 1.86. The molecule has 2 N–H and O–H groups in total. The number of nitrogens with zero attached hydrogens (tertiary/aromatic N) is 1. The van der Waals surface area contributed by atoms with Crippen molar-refractivity contribution in [2.75, 3.05) is 13.1 Å². The topological polar surface area (TPSA) is 63.4 Å². The van der Waals surface area contributed by atoms with Crippen LogP contribution in [0.2, 0.25) is 0 Å². The summed E-state index contributed by atoms with van der Waals surface area (Å²) in [7, 11) is 0. The van der Waals surface area contributed by atoms with Crippen molar-refractivity contribution in [2.24, 2.45) is 5.73 Å². The third-order valence-electron chi connectivity index (χ3n) is 2.20. The predicted octanol–water partition coefficient (Wildman–Crippen LogP) is 1.54. The van der Waals surface area contributed by atoms with E-state index in [1.807, 2.05) is 0 Å². The molecule has 0 aliphatic carbocycles. The van der Waals surface area contributed by atoms with Crippen molar-refractivity contribution in [3.63, 3.8) is 0 Å². The number of hydrogen-bond acceptors (Lipinski definition) is 2. The lowest BCUT2D eigenvalue weighted by Gasteiger charge is -2.19. The van der Waals surface area contributed by atoms with E-state index in [-0.39, 0.29) is 16.6 Å². The molecule has 0 unspecified atom stereocenters. The van der Waals surface area contributed by atoms with E-state index in [1.165, 1.54) is 23.1 Å². The average Bonchev–Trinajstić information content (AvgIpc) is 2.28. The summed E-state index contributed by atoms with van der Waals surface area (Å²) < 4.78 is 13.4. The van der Waals surface area contributed by atoms with Crippen LogP contribution in [-0.4, -0.2) is 29.8 Å². The number of halogens is 2. The number of likely N-dealkylation sites (N-methyl/N-ethyl adjacent to an activating group) is 1. The Bertz CT molecular complexity index is 451. The lowest BCUT2D eigenvalue weighted by atomic mass is 10.2. The molecular formula is C11H12BrFN2O2. The normalized spacial score (nSPS) is 10.1. The molecule has 17 heavy (non-hydrogen) atoms. The van der Waals surface area contributed by atoms with Crippen molar-refractivity contribution in [1.29, 1.82) is 0 Å². The Morgan fingerprint density at radius 3 is 2.65 bits per heavy atom. The first-order chi connectivity index (χ1) is 7.97. The van der Waals surface area contributed by atoms with Gasteiger partial charge in [0.1, 0.15) is 5.82 Å². The zero-order valence-corrected chi connectivity index (χ0v) is 10.8. The molecule has 0 bridgehead atoms. The van der Waals surface area contributed by atoms with Crippen LogP contribution in [0.1, 0.15) is 17.3 Å². The molecule has 0 saturated carbocycles. The number of primary amides is 1. The number of amides is 2. The highest BCUT2D eigenvalue weighted by atomic mass is 79.9. The van der Waals surface area contributed by atoms with Gasteiger partial charge in [-0.3, -0.25) is 9.59 Å². The zero-order chi connectivity index (χ0) is 13.0. The number of rotatable bonds is 4. The minimum absolute atomic E-state index is 0.0907. The number of nitrogens with two attached hydrogens (primary N) is 1. The van der Waals surface area contributed by atoms with Gasteiger partial charge < -0.3 is 10.6 Å². The van der Waals surface area contributed by atoms with Gasteiger partial charge in [0.15, 0.2) is 0 Å². The number of carbonyl (C=O) groups excluding carboxylic acids is 2. The largest absolute Gasteiger partial charge is 0.368 e. The Morgan fingerprint density at radius 2 is 2.12 bits per heavy atom. The van der Waals surface area contributed by atoms with Crippen molar-refractivity contribution in [1.82, 2.24) is 4.90 Å². The van der Waals surface area contributed by atoms with Crippen LogP contribution >= 0.6 is 15.9 Å². The molecule has 2 amide bonds. The Kier molecular flexibility index (Phi) is 4.62. The molecule has 92 valence electrons. The molecule has 0 aliphatic heterocycles. The summed E-state index contributed by atoms with van der Waals surface area (Å²) >= 11 is 3.01. The second kappa shape index (κ2) is 5.77. The van der Waals surface area contributed by atoms with Crippen molar-refractivity contribution in [2.45, 2.75) is 6.92 Å². The molecule has 0 aliphatic rings. The lowest BCUT2D eigenvalue weighted by molar-refractivity contribution is -0.118. The molecule has 1 rings (SSSR count). The maximum Gasteiger partial charge on any atom is 0.255 e. The van der Waals surface area contributed by atoms with E-state index in [0.29, 0.717) is 6.54 Å². The Labute approximate surface area is 107 Å². The van der Waals surface area contributed by atoms with E-state index >= 15 is 0 Å². The van der Waals surface area contributed by atoms with Crippen LogP contribution in [0.3, 0.4) is 0 Å². The predicted molar refractivity (Wildman–Crippen MR) is 64.9 cm³/mol. The van der Waals surface area contributed by atoms with Gasteiger partial charge >= 0.3 is 0 Å². The standard InChI is InChI=1S/C11H12BrFN2O2/c1-2-15(6-9(14)16)11(17)7-4-3-5-8(13)10(7)12/h3-5H,2,6H2,1H3,(H2,14,16). The highest BCUT2D eigenvalue weighted by molar-refractivity contribution is 9.10. The monoisotopic (exact) mass is 302 g/mol. The maximum atomic E-state index is 13.3. The van der Waals surface area contributed by atoms with Crippen molar-refractivity contribution >= 4 is 27.7 Å². The summed E-state index contributed by atoms with van der Waals surface area (Å²) in [6, 6.07) is 4.16. The van der Waals surface area contributed by atoms with E-state index in [0.717, 1.165) is 0 Å². The summed E-state index contributed by atoms with van der Waals surface area (Å²) in [6.07, 6.45) is 0. The van der Waals surface area contributed by atoms with Gasteiger partial charge in [0.2, 0.25) is 5.91 Å². The highest BCUT2D eigenvalue weighted by Gasteiger charge is 2.19. The van der Waals surface area contributed by atoms with Gasteiger partial charge in [-0.25, -0.2) is 4.39 Å². The van der Waals surface area contributed by atoms with Crippen LogP contribution in [0.4, 0.5) is 4.39 Å². The van der Waals surface area contributed by atoms with Gasteiger partial charge in [0.25, 0.3) is 5.91 Å². The van der Waals surface area contributed by atoms with Crippen LogP contribution in [0, 0.1) is 5.82 Å². The van der Waals surface area contributed by atoms with Gasteiger partial charge in [-0.05, 0) is 35.0 Å².